The molecule has 6 nitrogen and oxygen atoms in total. The van der Waals surface area contributed by atoms with E-state index in [1.807, 2.05) is 7.05 Å². The van der Waals surface area contributed by atoms with Gasteiger partial charge in [0.2, 0.25) is 0 Å². The van der Waals surface area contributed by atoms with Gasteiger partial charge in [0.25, 0.3) is 0 Å². The van der Waals surface area contributed by atoms with Crippen molar-refractivity contribution in [2.75, 3.05) is 13.7 Å². The standard InChI is InChI=1S/C13H19NO.H3O4P/c1-14-12(13-8-5-9-15-13)10-11-6-3-2-4-7-11;1-5(2,3)4/h2-4,6-7,12-14H,5,8-10H2,1H3;(H3,1,2,3,4). The van der Waals surface area contributed by atoms with E-state index in [0.717, 1.165) is 13.0 Å². The topological polar surface area (TPSA) is 99.0 Å². The van der Waals surface area contributed by atoms with E-state index in [0.29, 0.717) is 12.1 Å². The first kappa shape index (κ1) is 17.3. The highest BCUT2D eigenvalue weighted by Crippen LogP contribution is 2.25. The molecule has 0 aromatic heterocycles. The maximum Gasteiger partial charge on any atom is 0.466 e. The summed E-state index contributed by atoms with van der Waals surface area (Å²) in [6, 6.07) is 11.1. The van der Waals surface area contributed by atoms with Gasteiger partial charge in [-0.15, -0.1) is 0 Å². The molecule has 114 valence electrons. The third-order valence-electron chi connectivity index (χ3n) is 3.08. The Morgan fingerprint density at radius 2 is 1.95 bits per heavy atom. The van der Waals surface area contributed by atoms with Gasteiger partial charge in [0.15, 0.2) is 0 Å². The van der Waals surface area contributed by atoms with Crippen molar-refractivity contribution in [3.63, 3.8) is 0 Å². The summed E-state index contributed by atoms with van der Waals surface area (Å²) in [6.07, 6.45) is 3.85. The van der Waals surface area contributed by atoms with Gasteiger partial charge < -0.3 is 24.7 Å². The van der Waals surface area contributed by atoms with E-state index >= 15 is 0 Å². The van der Waals surface area contributed by atoms with Crippen molar-refractivity contribution in [2.24, 2.45) is 0 Å². The number of phosphoric acid groups is 1. The molecule has 2 atom stereocenters. The number of ether oxygens (including phenoxy) is 1. The molecule has 1 fully saturated rings. The van der Waals surface area contributed by atoms with Crippen LogP contribution in [0.2, 0.25) is 0 Å². The molecule has 1 heterocycles. The fourth-order valence-electron chi connectivity index (χ4n) is 2.21. The first-order valence-corrected chi connectivity index (χ1v) is 8.07. The quantitative estimate of drug-likeness (QED) is 0.621. The van der Waals surface area contributed by atoms with Crippen LogP contribution in [0.1, 0.15) is 18.4 Å². The van der Waals surface area contributed by atoms with Crippen LogP contribution in [0.5, 0.6) is 0 Å². The molecule has 0 radical (unpaired) electrons. The molecule has 0 spiro atoms. The largest absolute Gasteiger partial charge is 0.466 e. The van der Waals surface area contributed by atoms with E-state index in [2.05, 4.69) is 35.6 Å². The van der Waals surface area contributed by atoms with E-state index in [4.69, 9.17) is 24.0 Å². The van der Waals surface area contributed by atoms with Crippen molar-refractivity contribution in [3.05, 3.63) is 35.9 Å². The lowest BCUT2D eigenvalue weighted by molar-refractivity contribution is 0.0808. The summed E-state index contributed by atoms with van der Waals surface area (Å²) in [5.74, 6) is 0. The average molecular weight is 303 g/mol. The highest BCUT2D eigenvalue weighted by molar-refractivity contribution is 7.45. The number of benzene rings is 1. The highest BCUT2D eigenvalue weighted by Gasteiger charge is 2.24. The van der Waals surface area contributed by atoms with Crippen LogP contribution in [0, 0.1) is 0 Å². The van der Waals surface area contributed by atoms with Crippen molar-refractivity contribution in [1.82, 2.24) is 5.32 Å². The van der Waals surface area contributed by atoms with E-state index in [1.54, 1.807) is 0 Å². The fraction of sp³-hybridized carbons (Fsp3) is 0.538. The van der Waals surface area contributed by atoms with Crippen LogP contribution in [0.3, 0.4) is 0 Å². The fourth-order valence-corrected chi connectivity index (χ4v) is 2.21. The van der Waals surface area contributed by atoms with Gasteiger partial charge in [0.1, 0.15) is 0 Å². The van der Waals surface area contributed by atoms with Gasteiger partial charge in [-0.2, -0.15) is 0 Å². The minimum absolute atomic E-state index is 0.398. The molecule has 1 aliphatic rings. The summed E-state index contributed by atoms with van der Waals surface area (Å²) in [7, 11) is -2.62. The van der Waals surface area contributed by atoms with Crippen LogP contribution in [0.15, 0.2) is 30.3 Å². The molecular formula is C13H22NO5P. The van der Waals surface area contributed by atoms with E-state index < -0.39 is 7.82 Å². The van der Waals surface area contributed by atoms with E-state index in [-0.39, 0.29) is 0 Å². The molecule has 1 saturated heterocycles. The molecule has 4 N–H and O–H groups in total. The number of likely N-dealkylation sites (N-methyl/N-ethyl adjacent to an activating group) is 1. The number of rotatable bonds is 4. The third kappa shape index (κ3) is 7.75. The van der Waals surface area contributed by atoms with Crippen LogP contribution in [-0.2, 0) is 15.7 Å². The molecule has 1 aromatic rings. The minimum Gasteiger partial charge on any atom is -0.377 e. The third-order valence-corrected chi connectivity index (χ3v) is 3.08. The molecule has 7 heteroatoms. The van der Waals surface area contributed by atoms with Crippen LogP contribution in [0.25, 0.3) is 0 Å². The van der Waals surface area contributed by atoms with Crippen LogP contribution >= 0.6 is 7.82 Å². The van der Waals surface area contributed by atoms with Crippen LogP contribution in [-0.4, -0.2) is 40.5 Å². The Balaban J connectivity index is 0.000000347. The maximum absolute atomic E-state index is 8.88. The Kier molecular flexibility index (Phi) is 7.37. The van der Waals surface area contributed by atoms with E-state index in [9.17, 15) is 0 Å². The number of hydrogen-bond acceptors (Lipinski definition) is 3. The lowest BCUT2D eigenvalue weighted by atomic mass is 10.00. The summed E-state index contributed by atoms with van der Waals surface area (Å²) in [5.41, 5.74) is 1.38. The Bertz CT molecular complexity index is 408. The normalized spacial score (nSPS) is 20.1. The Labute approximate surface area is 119 Å². The molecule has 2 rings (SSSR count). The Morgan fingerprint density at radius 1 is 1.35 bits per heavy atom. The smallest absolute Gasteiger partial charge is 0.377 e. The Hall–Kier alpha value is -0.750. The number of nitrogens with one attached hydrogen (secondary N) is 1. The second-order valence-corrected chi connectivity index (χ2v) is 5.68. The lowest BCUT2D eigenvalue weighted by Gasteiger charge is -2.22. The molecular weight excluding hydrogens is 281 g/mol. The Morgan fingerprint density at radius 3 is 2.40 bits per heavy atom. The zero-order valence-corrected chi connectivity index (χ0v) is 12.4. The van der Waals surface area contributed by atoms with Gasteiger partial charge in [-0.05, 0) is 31.9 Å². The van der Waals surface area contributed by atoms with Gasteiger partial charge in [-0.1, -0.05) is 30.3 Å². The van der Waals surface area contributed by atoms with Gasteiger partial charge >= 0.3 is 7.82 Å². The molecule has 0 saturated carbocycles. The number of hydrogen-bond donors (Lipinski definition) is 4. The van der Waals surface area contributed by atoms with Gasteiger partial charge in [0, 0.05) is 12.6 Å². The second kappa shape index (κ2) is 8.52. The minimum atomic E-state index is -4.64. The van der Waals surface area contributed by atoms with Gasteiger partial charge in [-0.3, -0.25) is 0 Å². The first-order chi connectivity index (χ1) is 9.40. The molecule has 2 unspecified atom stereocenters. The second-order valence-electron chi connectivity index (χ2n) is 4.65. The van der Waals surface area contributed by atoms with Crippen molar-refractivity contribution in [1.29, 1.82) is 0 Å². The average Bonchev–Trinajstić information content (AvgIpc) is 2.89. The summed E-state index contributed by atoms with van der Waals surface area (Å²) in [6.45, 7) is 0.928. The van der Waals surface area contributed by atoms with Crippen LogP contribution in [0.4, 0.5) is 0 Å². The summed E-state index contributed by atoms with van der Waals surface area (Å²) >= 11 is 0. The zero-order valence-electron chi connectivity index (χ0n) is 11.5. The summed E-state index contributed by atoms with van der Waals surface area (Å²) < 4.78 is 14.6. The van der Waals surface area contributed by atoms with Crippen molar-refractivity contribution >= 4 is 7.82 Å². The van der Waals surface area contributed by atoms with E-state index in [1.165, 1.54) is 18.4 Å². The molecule has 0 bridgehead atoms. The molecule has 0 aliphatic carbocycles. The zero-order chi connectivity index (χ0) is 15.0. The van der Waals surface area contributed by atoms with Crippen molar-refractivity contribution in [2.45, 2.75) is 31.4 Å². The first-order valence-electron chi connectivity index (χ1n) is 6.51. The predicted molar refractivity (Wildman–Crippen MR) is 76.2 cm³/mol. The highest BCUT2D eigenvalue weighted by atomic mass is 31.2. The van der Waals surface area contributed by atoms with Gasteiger partial charge in [-0.25, -0.2) is 4.57 Å². The summed E-state index contributed by atoms with van der Waals surface area (Å²) in [5, 5.41) is 3.37. The van der Waals surface area contributed by atoms with Crippen molar-refractivity contribution < 1.29 is 24.0 Å². The maximum atomic E-state index is 8.88. The lowest BCUT2D eigenvalue weighted by Crippen LogP contribution is -2.39. The van der Waals surface area contributed by atoms with Crippen LogP contribution < -0.4 is 5.32 Å². The summed E-state index contributed by atoms with van der Waals surface area (Å²) in [4.78, 5) is 21.6. The van der Waals surface area contributed by atoms with Crippen molar-refractivity contribution in [3.8, 4) is 0 Å². The molecule has 1 aromatic carbocycles. The molecule has 20 heavy (non-hydrogen) atoms. The molecule has 1 aliphatic heterocycles. The SMILES string of the molecule is CNC(Cc1ccccc1)C1CCCO1.O=P(O)(O)O. The predicted octanol–water partition coefficient (Wildman–Crippen LogP) is 1.07. The molecule has 0 amide bonds. The monoisotopic (exact) mass is 303 g/mol. The van der Waals surface area contributed by atoms with Gasteiger partial charge in [0.05, 0.1) is 6.10 Å².